The zero-order chi connectivity index (χ0) is 12.7. The second-order valence-corrected chi connectivity index (χ2v) is 3.79. The molecule has 0 saturated carbocycles. The van der Waals surface area contributed by atoms with Gasteiger partial charge >= 0.3 is 5.97 Å². The third-order valence-corrected chi connectivity index (χ3v) is 2.48. The van der Waals surface area contributed by atoms with Gasteiger partial charge in [-0.05, 0) is 31.5 Å². The van der Waals surface area contributed by atoms with Gasteiger partial charge in [0, 0.05) is 11.7 Å². The Hall–Kier alpha value is -1.81. The Labute approximate surface area is 101 Å². The van der Waals surface area contributed by atoms with E-state index in [0.29, 0.717) is 12.2 Å². The number of para-hydroxylation sites is 1. The van der Waals surface area contributed by atoms with Crippen molar-refractivity contribution < 1.29 is 9.90 Å². The first-order valence-electron chi connectivity index (χ1n) is 5.58. The standard InChI is InChI=1S/C13H18N2O2/c1-2-5-10(8-9-14)15-12-7-4-3-6-11(12)13(16)17/h2-4,6-7,10,15H,1,5,8-9,14H2,(H,16,17). The second-order valence-electron chi connectivity index (χ2n) is 3.79. The van der Waals surface area contributed by atoms with E-state index in [2.05, 4.69) is 11.9 Å². The fourth-order valence-corrected chi connectivity index (χ4v) is 1.67. The molecule has 4 nitrogen and oxygen atoms in total. The zero-order valence-corrected chi connectivity index (χ0v) is 9.73. The van der Waals surface area contributed by atoms with Crippen molar-refractivity contribution in [2.24, 2.45) is 5.73 Å². The summed E-state index contributed by atoms with van der Waals surface area (Å²) in [6.07, 6.45) is 3.34. The topological polar surface area (TPSA) is 75.3 Å². The molecule has 4 heteroatoms. The molecule has 0 radical (unpaired) electrons. The van der Waals surface area contributed by atoms with Crippen molar-refractivity contribution in [2.45, 2.75) is 18.9 Å². The maximum Gasteiger partial charge on any atom is 0.337 e. The normalized spacial score (nSPS) is 11.8. The highest BCUT2D eigenvalue weighted by Crippen LogP contribution is 2.17. The summed E-state index contributed by atoms with van der Waals surface area (Å²) < 4.78 is 0. The van der Waals surface area contributed by atoms with Crippen molar-refractivity contribution in [2.75, 3.05) is 11.9 Å². The Morgan fingerprint density at radius 1 is 1.53 bits per heavy atom. The van der Waals surface area contributed by atoms with Gasteiger partial charge in [-0.15, -0.1) is 6.58 Å². The van der Waals surface area contributed by atoms with Gasteiger partial charge in [0.05, 0.1) is 5.56 Å². The van der Waals surface area contributed by atoms with Crippen LogP contribution in [0.25, 0.3) is 0 Å². The summed E-state index contributed by atoms with van der Waals surface area (Å²) in [5.41, 5.74) is 6.42. The Kier molecular flexibility index (Phi) is 5.23. The molecule has 4 N–H and O–H groups in total. The summed E-state index contributed by atoms with van der Waals surface area (Å²) >= 11 is 0. The van der Waals surface area contributed by atoms with E-state index < -0.39 is 5.97 Å². The number of nitrogens with one attached hydrogen (secondary N) is 1. The van der Waals surface area contributed by atoms with E-state index in [1.54, 1.807) is 24.3 Å². The lowest BCUT2D eigenvalue weighted by molar-refractivity contribution is 0.0698. The molecule has 1 aromatic carbocycles. The largest absolute Gasteiger partial charge is 0.478 e. The third kappa shape index (κ3) is 3.92. The quantitative estimate of drug-likeness (QED) is 0.631. The number of hydrogen-bond donors (Lipinski definition) is 3. The number of hydrogen-bond acceptors (Lipinski definition) is 3. The molecular weight excluding hydrogens is 216 g/mol. The number of benzene rings is 1. The number of nitrogens with two attached hydrogens (primary N) is 1. The van der Waals surface area contributed by atoms with E-state index in [0.717, 1.165) is 12.8 Å². The molecule has 1 aromatic rings. The molecule has 1 unspecified atom stereocenters. The van der Waals surface area contributed by atoms with Crippen molar-refractivity contribution in [3.63, 3.8) is 0 Å². The fourth-order valence-electron chi connectivity index (χ4n) is 1.67. The molecule has 0 aliphatic rings. The van der Waals surface area contributed by atoms with Crippen molar-refractivity contribution in [1.82, 2.24) is 0 Å². The molecule has 17 heavy (non-hydrogen) atoms. The number of carboxylic acid groups (broad SMARTS) is 1. The van der Waals surface area contributed by atoms with E-state index in [4.69, 9.17) is 10.8 Å². The van der Waals surface area contributed by atoms with Gasteiger partial charge in [0.25, 0.3) is 0 Å². The van der Waals surface area contributed by atoms with Crippen LogP contribution in [0, 0.1) is 0 Å². The van der Waals surface area contributed by atoms with E-state index in [1.807, 2.05) is 6.07 Å². The van der Waals surface area contributed by atoms with Crippen LogP contribution in [0.1, 0.15) is 23.2 Å². The van der Waals surface area contributed by atoms with E-state index in [1.165, 1.54) is 0 Å². The molecule has 0 aliphatic carbocycles. The third-order valence-electron chi connectivity index (χ3n) is 2.48. The van der Waals surface area contributed by atoms with Crippen LogP contribution < -0.4 is 11.1 Å². The first-order chi connectivity index (χ1) is 8.19. The SMILES string of the molecule is C=CCC(CCN)Nc1ccccc1C(=O)O. The van der Waals surface area contributed by atoms with Crippen LogP contribution in [0.5, 0.6) is 0 Å². The molecule has 1 rings (SSSR count). The maximum atomic E-state index is 11.0. The van der Waals surface area contributed by atoms with Gasteiger partial charge in [-0.25, -0.2) is 4.79 Å². The summed E-state index contributed by atoms with van der Waals surface area (Å²) in [4.78, 5) is 11.0. The van der Waals surface area contributed by atoms with Crippen LogP contribution in [-0.2, 0) is 0 Å². The minimum atomic E-state index is -0.932. The number of carbonyl (C=O) groups is 1. The van der Waals surface area contributed by atoms with Gasteiger partial charge in [-0.2, -0.15) is 0 Å². The van der Waals surface area contributed by atoms with Gasteiger partial charge < -0.3 is 16.2 Å². The lowest BCUT2D eigenvalue weighted by Crippen LogP contribution is -2.23. The number of anilines is 1. The Morgan fingerprint density at radius 3 is 2.82 bits per heavy atom. The van der Waals surface area contributed by atoms with Gasteiger partial charge in [-0.1, -0.05) is 18.2 Å². The smallest absolute Gasteiger partial charge is 0.337 e. The average Bonchev–Trinajstić information content (AvgIpc) is 2.30. The van der Waals surface area contributed by atoms with Crippen LogP contribution in [0.2, 0.25) is 0 Å². The molecule has 0 spiro atoms. The molecule has 0 aliphatic heterocycles. The molecule has 92 valence electrons. The second kappa shape index (κ2) is 6.70. The van der Waals surface area contributed by atoms with E-state index in [-0.39, 0.29) is 11.6 Å². The number of rotatable bonds is 7. The highest BCUT2D eigenvalue weighted by atomic mass is 16.4. The summed E-state index contributed by atoms with van der Waals surface area (Å²) in [5, 5.41) is 12.3. The van der Waals surface area contributed by atoms with Crippen LogP contribution in [0.4, 0.5) is 5.69 Å². The zero-order valence-electron chi connectivity index (χ0n) is 9.73. The monoisotopic (exact) mass is 234 g/mol. The van der Waals surface area contributed by atoms with E-state index >= 15 is 0 Å². The molecule has 0 saturated heterocycles. The number of carboxylic acids is 1. The van der Waals surface area contributed by atoms with Gasteiger partial charge in [-0.3, -0.25) is 0 Å². The van der Waals surface area contributed by atoms with Crippen molar-refractivity contribution >= 4 is 11.7 Å². The average molecular weight is 234 g/mol. The molecule has 0 heterocycles. The minimum absolute atomic E-state index is 0.123. The van der Waals surface area contributed by atoms with Crippen LogP contribution in [-0.4, -0.2) is 23.7 Å². The van der Waals surface area contributed by atoms with Crippen LogP contribution >= 0.6 is 0 Å². The first kappa shape index (κ1) is 13.3. The van der Waals surface area contributed by atoms with Crippen molar-refractivity contribution in [3.8, 4) is 0 Å². The summed E-state index contributed by atoms with van der Waals surface area (Å²) in [6, 6.07) is 6.98. The Morgan fingerprint density at radius 2 is 2.24 bits per heavy atom. The van der Waals surface area contributed by atoms with Gasteiger partial charge in [0.15, 0.2) is 0 Å². The van der Waals surface area contributed by atoms with Gasteiger partial charge in [0.1, 0.15) is 0 Å². The highest BCUT2D eigenvalue weighted by Gasteiger charge is 2.12. The molecular formula is C13H18N2O2. The predicted molar refractivity (Wildman–Crippen MR) is 69.3 cm³/mol. The lowest BCUT2D eigenvalue weighted by atomic mass is 10.1. The first-order valence-corrected chi connectivity index (χ1v) is 5.58. The van der Waals surface area contributed by atoms with Gasteiger partial charge in [0.2, 0.25) is 0 Å². The van der Waals surface area contributed by atoms with Crippen LogP contribution in [0.3, 0.4) is 0 Å². The molecule has 0 bridgehead atoms. The molecule has 1 atom stereocenters. The molecule has 0 fully saturated rings. The highest BCUT2D eigenvalue weighted by molar-refractivity contribution is 5.94. The Balaban J connectivity index is 2.84. The van der Waals surface area contributed by atoms with E-state index in [9.17, 15) is 4.79 Å². The van der Waals surface area contributed by atoms with Crippen molar-refractivity contribution in [3.05, 3.63) is 42.5 Å². The maximum absolute atomic E-state index is 11.0. The molecule has 0 amide bonds. The summed E-state index contributed by atoms with van der Waals surface area (Å²) in [7, 11) is 0. The summed E-state index contributed by atoms with van der Waals surface area (Å²) in [6.45, 7) is 4.24. The van der Waals surface area contributed by atoms with Crippen LogP contribution in [0.15, 0.2) is 36.9 Å². The summed E-state index contributed by atoms with van der Waals surface area (Å²) in [5.74, 6) is -0.932. The molecule has 0 aromatic heterocycles. The number of aromatic carboxylic acids is 1. The predicted octanol–water partition coefficient (Wildman–Crippen LogP) is 2.09. The fraction of sp³-hybridized carbons (Fsp3) is 0.308. The Bertz CT molecular complexity index is 391. The van der Waals surface area contributed by atoms with Crippen molar-refractivity contribution in [1.29, 1.82) is 0 Å². The minimum Gasteiger partial charge on any atom is -0.478 e. The lowest BCUT2D eigenvalue weighted by Gasteiger charge is -2.19.